The lowest BCUT2D eigenvalue weighted by Crippen LogP contribution is -2.09. The molecule has 0 fully saturated rings. The molecule has 0 unspecified atom stereocenters. The minimum Gasteiger partial charge on any atom is -0.376 e. The van der Waals surface area contributed by atoms with Gasteiger partial charge in [-0.05, 0) is 13.8 Å². The van der Waals surface area contributed by atoms with Gasteiger partial charge in [0.05, 0.1) is 25.9 Å². The Balaban J connectivity index is 2.96. The SMILES string of the molecule is CC(C)OCCOCC=CCS. The first-order valence-corrected chi connectivity index (χ1v) is 4.85. The Morgan fingerprint density at radius 1 is 1.25 bits per heavy atom. The predicted molar refractivity (Wildman–Crippen MR) is 54.9 cm³/mol. The molecule has 0 aliphatic heterocycles. The Labute approximate surface area is 80.4 Å². The van der Waals surface area contributed by atoms with Crippen molar-refractivity contribution in [2.45, 2.75) is 20.0 Å². The second-order valence-electron chi connectivity index (χ2n) is 2.65. The monoisotopic (exact) mass is 190 g/mol. The van der Waals surface area contributed by atoms with Crippen molar-refractivity contribution in [1.82, 2.24) is 0 Å². The van der Waals surface area contributed by atoms with Crippen molar-refractivity contribution in [2.75, 3.05) is 25.6 Å². The summed E-state index contributed by atoms with van der Waals surface area (Å²) in [6.45, 7) is 6.02. The van der Waals surface area contributed by atoms with Crippen LogP contribution in [-0.2, 0) is 9.47 Å². The molecule has 0 spiro atoms. The minimum absolute atomic E-state index is 0.293. The van der Waals surface area contributed by atoms with Gasteiger partial charge in [-0.3, -0.25) is 0 Å². The molecule has 0 atom stereocenters. The van der Waals surface area contributed by atoms with Crippen LogP contribution in [0.5, 0.6) is 0 Å². The lowest BCUT2D eigenvalue weighted by atomic mass is 10.5. The molecule has 0 amide bonds. The first-order valence-electron chi connectivity index (χ1n) is 4.22. The van der Waals surface area contributed by atoms with Crippen LogP contribution in [-0.4, -0.2) is 31.7 Å². The molecule has 0 saturated heterocycles. The highest BCUT2D eigenvalue weighted by molar-refractivity contribution is 7.80. The third-order valence-corrected chi connectivity index (χ3v) is 1.38. The molecule has 0 aromatic heterocycles. The maximum absolute atomic E-state index is 5.28. The molecule has 0 aromatic carbocycles. The van der Waals surface area contributed by atoms with Gasteiger partial charge in [0.2, 0.25) is 0 Å². The Morgan fingerprint density at radius 2 is 2.00 bits per heavy atom. The topological polar surface area (TPSA) is 18.5 Å². The van der Waals surface area contributed by atoms with Gasteiger partial charge in [0.25, 0.3) is 0 Å². The number of rotatable bonds is 7. The van der Waals surface area contributed by atoms with Crippen LogP contribution in [0.3, 0.4) is 0 Å². The lowest BCUT2D eigenvalue weighted by Gasteiger charge is -2.06. The molecule has 2 nitrogen and oxygen atoms in total. The van der Waals surface area contributed by atoms with E-state index in [0.29, 0.717) is 25.9 Å². The number of thiol groups is 1. The molecule has 0 saturated carbocycles. The molecule has 0 aliphatic rings. The summed E-state index contributed by atoms with van der Waals surface area (Å²) < 4.78 is 10.5. The Morgan fingerprint density at radius 3 is 2.58 bits per heavy atom. The Hall–Kier alpha value is 0.01000. The average molecular weight is 190 g/mol. The van der Waals surface area contributed by atoms with Crippen LogP contribution < -0.4 is 0 Å². The van der Waals surface area contributed by atoms with Gasteiger partial charge >= 0.3 is 0 Å². The van der Waals surface area contributed by atoms with Crippen LogP contribution in [0.1, 0.15) is 13.8 Å². The molecule has 72 valence electrons. The number of ether oxygens (including phenoxy) is 2. The maximum atomic E-state index is 5.28. The van der Waals surface area contributed by atoms with Crippen LogP contribution in [0.2, 0.25) is 0 Å². The summed E-state index contributed by atoms with van der Waals surface area (Å²) in [5, 5.41) is 0. The van der Waals surface area contributed by atoms with Crippen LogP contribution >= 0.6 is 12.6 Å². The quantitative estimate of drug-likeness (QED) is 0.375. The Bertz CT molecular complexity index is 113. The van der Waals surface area contributed by atoms with Gasteiger partial charge in [-0.2, -0.15) is 12.6 Å². The predicted octanol–water partition coefficient (Wildman–Crippen LogP) is 1.91. The fourth-order valence-electron chi connectivity index (χ4n) is 0.637. The highest BCUT2D eigenvalue weighted by Gasteiger charge is 1.91. The van der Waals surface area contributed by atoms with E-state index in [1.807, 2.05) is 26.0 Å². The molecule has 0 bridgehead atoms. The van der Waals surface area contributed by atoms with Crippen molar-refractivity contribution in [3.05, 3.63) is 12.2 Å². The van der Waals surface area contributed by atoms with Crippen LogP contribution in [0.4, 0.5) is 0 Å². The highest BCUT2D eigenvalue weighted by Crippen LogP contribution is 1.87. The van der Waals surface area contributed by atoms with Gasteiger partial charge in [-0.25, -0.2) is 0 Å². The fourth-order valence-corrected chi connectivity index (χ4v) is 0.786. The van der Waals surface area contributed by atoms with E-state index in [9.17, 15) is 0 Å². The van der Waals surface area contributed by atoms with Gasteiger partial charge < -0.3 is 9.47 Å². The average Bonchev–Trinajstić information content (AvgIpc) is 2.02. The van der Waals surface area contributed by atoms with Gasteiger partial charge in [0.15, 0.2) is 0 Å². The van der Waals surface area contributed by atoms with E-state index in [1.165, 1.54) is 0 Å². The van der Waals surface area contributed by atoms with Gasteiger partial charge in [-0.1, -0.05) is 12.2 Å². The summed E-state index contributed by atoms with van der Waals surface area (Å²) in [5.74, 6) is 0.770. The zero-order valence-electron chi connectivity index (χ0n) is 7.82. The Kier molecular flexibility index (Phi) is 9.11. The van der Waals surface area contributed by atoms with E-state index >= 15 is 0 Å². The molecular weight excluding hydrogens is 172 g/mol. The summed E-state index contributed by atoms with van der Waals surface area (Å²) in [7, 11) is 0. The molecule has 0 rings (SSSR count). The van der Waals surface area contributed by atoms with Crippen molar-refractivity contribution in [1.29, 1.82) is 0 Å². The van der Waals surface area contributed by atoms with Crippen molar-refractivity contribution in [2.24, 2.45) is 0 Å². The highest BCUT2D eigenvalue weighted by atomic mass is 32.1. The van der Waals surface area contributed by atoms with Gasteiger partial charge in [0, 0.05) is 5.75 Å². The zero-order chi connectivity index (χ0) is 9.23. The third kappa shape index (κ3) is 10.0. The first kappa shape index (κ1) is 12.0. The van der Waals surface area contributed by atoms with Crippen LogP contribution in [0.15, 0.2) is 12.2 Å². The summed E-state index contributed by atoms with van der Waals surface area (Å²) >= 11 is 4.02. The van der Waals surface area contributed by atoms with Gasteiger partial charge in [0.1, 0.15) is 0 Å². The summed E-state index contributed by atoms with van der Waals surface area (Å²) in [5.41, 5.74) is 0. The molecule has 0 radical (unpaired) electrons. The number of hydrogen-bond donors (Lipinski definition) is 1. The summed E-state index contributed by atoms with van der Waals surface area (Å²) in [6.07, 6.45) is 4.22. The number of hydrogen-bond acceptors (Lipinski definition) is 3. The molecule has 3 heteroatoms. The minimum atomic E-state index is 0.293. The van der Waals surface area contributed by atoms with E-state index in [4.69, 9.17) is 9.47 Å². The molecule has 0 aliphatic carbocycles. The lowest BCUT2D eigenvalue weighted by molar-refractivity contribution is 0.0268. The summed E-state index contributed by atoms with van der Waals surface area (Å²) in [6, 6.07) is 0. The smallest absolute Gasteiger partial charge is 0.0704 e. The fraction of sp³-hybridized carbons (Fsp3) is 0.778. The van der Waals surface area contributed by atoms with Crippen LogP contribution in [0, 0.1) is 0 Å². The van der Waals surface area contributed by atoms with Crippen molar-refractivity contribution < 1.29 is 9.47 Å². The zero-order valence-corrected chi connectivity index (χ0v) is 8.72. The van der Waals surface area contributed by atoms with E-state index in [-0.39, 0.29) is 0 Å². The molecule has 0 aromatic rings. The van der Waals surface area contributed by atoms with Crippen LogP contribution in [0.25, 0.3) is 0 Å². The van der Waals surface area contributed by atoms with E-state index in [1.54, 1.807) is 0 Å². The first-order chi connectivity index (χ1) is 5.77. The largest absolute Gasteiger partial charge is 0.376 e. The second-order valence-corrected chi connectivity index (χ2v) is 3.01. The van der Waals surface area contributed by atoms with E-state index in [2.05, 4.69) is 12.6 Å². The van der Waals surface area contributed by atoms with E-state index < -0.39 is 0 Å². The molecule has 0 N–H and O–H groups in total. The normalized spacial score (nSPS) is 11.7. The van der Waals surface area contributed by atoms with Gasteiger partial charge in [-0.15, -0.1) is 0 Å². The van der Waals surface area contributed by atoms with E-state index in [0.717, 1.165) is 5.75 Å². The third-order valence-electron chi connectivity index (χ3n) is 1.17. The summed E-state index contributed by atoms with van der Waals surface area (Å²) in [4.78, 5) is 0. The van der Waals surface area contributed by atoms with Crippen molar-refractivity contribution in [3.63, 3.8) is 0 Å². The second kappa shape index (κ2) is 9.10. The molecule has 0 heterocycles. The van der Waals surface area contributed by atoms with Crippen molar-refractivity contribution in [3.8, 4) is 0 Å². The molecular formula is C9H18O2S. The molecule has 12 heavy (non-hydrogen) atoms. The standard InChI is InChI=1S/C9H18O2S/c1-9(2)11-7-6-10-5-3-4-8-12/h3-4,9,12H,5-8H2,1-2H3. The maximum Gasteiger partial charge on any atom is 0.0704 e. The van der Waals surface area contributed by atoms with Crippen molar-refractivity contribution >= 4 is 12.6 Å².